The minimum atomic E-state index is 0.721. The fraction of sp³-hybridized carbons (Fsp3) is 0.273. The molecule has 2 rings (SSSR count). The van der Waals surface area contributed by atoms with Crippen molar-refractivity contribution in [3.8, 4) is 0 Å². The SMILES string of the molecule is Cc1[nH]ncc1CNCc1ncc(Br)cc1Br. The van der Waals surface area contributed by atoms with Crippen molar-refractivity contribution in [3.63, 3.8) is 0 Å². The standard InChI is InChI=1S/C11H12Br2N4/c1-7-8(4-16-17-7)3-14-6-11-10(13)2-9(12)5-15-11/h2,4-5,14H,3,6H2,1H3,(H,16,17). The van der Waals surface area contributed by atoms with Crippen LogP contribution in [0.1, 0.15) is 17.0 Å². The lowest BCUT2D eigenvalue weighted by atomic mass is 10.2. The molecule has 0 fully saturated rings. The molecule has 0 aliphatic rings. The van der Waals surface area contributed by atoms with Gasteiger partial charge in [0, 0.05) is 39.5 Å². The number of hydrogen-bond acceptors (Lipinski definition) is 3. The molecular formula is C11H12Br2N4. The monoisotopic (exact) mass is 358 g/mol. The molecular weight excluding hydrogens is 348 g/mol. The van der Waals surface area contributed by atoms with Crippen molar-refractivity contribution in [1.29, 1.82) is 0 Å². The number of pyridine rings is 1. The van der Waals surface area contributed by atoms with E-state index in [4.69, 9.17) is 0 Å². The highest BCUT2D eigenvalue weighted by Gasteiger charge is 2.03. The lowest BCUT2D eigenvalue weighted by molar-refractivity contribution is 0.675. The highest BCUT2D eigenvalue weighted by atomic mass is 79.9. The Kier molecular flexibility index (Phi) is 4.31. The Labute approximate surface area is 116 Å². The highest BCUT2D eigenvalue weighted by molar-refractivity contribution is 9.11. The van der Waals surface area contributed by atoms with E-state index in [0.717, 1.165) is 33.4 Å². The molecule has 0 saturated carbocycles. The second kappa shape index (κ2) is 5.75. The fourth-order valence-corrected chi connectivity index (χ4v) is 2.57. The van der Waals surface area contributed by atoms with E-state index in [2.05, 4.69) is 52.4 Å². The number of aromatic nitrogens is 3. The van der Waals surface area contributed by atoms with Gasteiger partial charge in [-0.1, -0.05) is 0 Å². The van der Waals surface area contributed by atoms with Crippen LogP contribution in [0.3, 0.4) is 0 Å². The number of nitrogens with zero attached hydrogens (tertiary/aromatic N) is 2. The molecule has 0 unspecified atom stereocenters. The third-order valence-corrected chi connectivity index (χ3v) is 3.55. The normalized spacial score (nSPS) is 10.8. The fourth-order valence-electron chi connectivity index (χ4n) is 1.44. The Bertz CT molecular complexity index is 510. The first kappa shape index (κ1) is 12.7. The Balaban J connectivity index is 1.92. The Morgan fingerprint density at radius 2 is 2.12 bits per heavy atom. The number of rotatable bonds is 4. The van der Waals surface area contributed by atoms with Gasteiger partial charge in [0.1, 0.15) is 0 Å². The van der Waals surface area contributed by atoms with Crippen LogP contribution >= 0.6 is 31.9 Å². The molecule has 17 heavy (non-hydrogen) atoms. The molecule has 2 aromatic heterocycles. The van der Waals surface area contributed by atoms with E-state index in [1.54, 1.807) is 6.20 Å². The van der Waals surface area contributed by atoms with Gasteiger partial charge in [-0.05, 0) is 44.8 Å². The van der Waals surface area contributed by atoms with Crippen LogP contribution < -0.4 is 5.32 Å². The molecule has 90 valence electrons. The molecule has 0 aromatic carbocycles. The summed E-state index contributed by atoms with van der Waals surface area (Å²) in [6.45, 7) is 3.52. The molecule has 6 heteroatoms. The molecule has 2 heterocycles. The predicted octanol–water partition coefficient (Wildman–Crippen LogP) is 2.93. The number of H-pyrrole nitrogens is 1. The van der Waals surface area contributed by atoms with Gasteiger partial charge in [-0.15, -0.1) is 0 Å². The summed E-state index contributed by atoms with van der Waals surface area (Å²) in [6, 6.07) is 1.99. The minimum absolute atomic E-state index is 0.721. The zero-order valence-electron chi connectivity index (χ0n) is 9.30. The zero-order valence-corrected chi connectivity index (χ0v) is 12.5. The molecule has 0 saturated heterocycles. The maximum absolute atomic E-state index is 4.34. The largest absolute Gasteiger partial charge is 0.307 e. The summed E-state index contributed by atoms with van der Waals surface area (Å²) in [7, 11) is 0. The Morgan fingerprint density at radius 3 is 2.76 bits per heavy atom. The summed E-state index contributed by atoms with van der Waals surface area (Å²) in [4.78, 5) is 4.34. The van der Waals surface area contributed by atoms with Crippen LogP contribution in [0.15, 0.2) is 27.4 Å². The van der Waals surface area contributed by atoms with Gasteiger partial charge in [0.2, 0.25) is 0 Å². The topological polar surface area (TPSA) is 53.6 Å². The summed E-state index contributed by atoms with van der Waals surface area (Å²) in [5.41, 5.74) is 3.27. The van der Waals surface area contributed by atoms with Crippen molar-refractivity contribution in [2.75, 3.05) is 0 Å². The maximum Gasteiger partial charge on any atom is 0.0684 e. The van der Waals surface area contributed by atoms with E-state index in [-0.39, 0.29) is 0 Å². The van der Waals surface area contributed by atoms with Gasteiger partial charge in [0.25, 0.3) is 0 Å². The number of halogens is 2. The second-order valence-corrected chi connectivity index (χ2v) is 5.48. The second-order valence-electron chi connectivity index (χ2n) is 3.71. The molecule has 4 nitrogen and oxygen atoms in total. The maximum atomic E-state index is 4.34. The molecule has 0 atom stereocenters. The number of nitrogens with one attached hydrogen (secondary N) is 2. The van der Waals surface area contributed by atoms with Gasteiger partial charge in [-0.25, -0.2) is 0 Å². The van der Waals surface area contributed by atoms with Gasteiger partial charge < -0.3 is 5.32 Å². The first-order valence-electron chi connectivity index (χ1n) is 5.16. The van der Waals surface area contributed by atoms with Crippen molar-refractivity contribution in [2.45, 2.75) is 20.0 Å². The molecule has 0 aliphatic carbocycles. The Hall–Kier alpha value is -0.720. The van der Waals surface area contributed by atoms with Crippen molar-refractivity contribution >= 4 is 31.9 Å². The number of hydrogen-bond donors (Lipinski definition) is 2. The molecule has 0 radical (unpaired) electrons. The van der Waals surface area contributed by atoms with Gasteiger partial charge >= 0.3 is 0 Å². The number of aryl methyl sites for hydroxylation is 1. The quantitative estimate of drug-likeness (QED) is 0.882. The summed E-state index contributed by atoms with van der Waals surface area (Å²) >= 11 is 6.87. The third kappa shape index (κ3) is 3.37. The van der Waals surface area contributed by atoms with Crippen LogP contribution in [0.4, 0.5) is 0 Å². The van der Waals surface area contributed by atoms with Crippen molar-refractivity contribution in [2.24, 2.45) is 0 Å². The van der Waals surface area contributed by atoms with Crippen LogP contribution in [0.25, 0.3) is 0 Å². The first-order chi connectivity index (χ1) is 8.16. The lowest BCUT2D eigenvalue weighted by Gasteiger charge is -2.06. The van der Waals surface area contributed by atoms with E-state index in [1.807, 2.05) is 19.2 Å². The average molecular weight is 360 g/mol. The summed E-state index contributed by atoms with van der Waals surface area (Å²) < 4.78 is 1.97. The van der Waals surface area contributed by atoms with E-state index < -0.39 is 0 Å². The van der Waals surface area contributed by atoms with E-state index in [0.29, 0.717) is 0 Å². The average Bonchev–Trinajstić information content (AvgIpc) is 2.68. The van der Waals surface area contributed by atoms with Gasteiger partial charge in [-0.3, -0.25) is 10.1 Å². The highest BCUT2D eigenvalue weighted by Crippen LogP contribution is 2.19. The summed E-state index contributed by atoms with van der Waals surface area (Å²) in [5.74, 6) is 0. The first-order valence-corrected chi connectivity index (χ1v) is 6.75. The van der Waals surface area contributed by atoms with Crippen molar-refractivity contribution in [1.82, 2.24) is 20.5 Å². The van der Waals surface area contributed by atoms with Crippen LogP contribution in [-0.2, 0) is 13.1 Å². The summed E-state index contributed by atoms with van der Waals surface area (Å²) in [6.07, 6.45) is 3.64. The predicted molar refractivity (Wildman–Crippen MR) is 73.5 cm³/mol. The summed E-state index contributed by atoms with van der Waals surface area (Å²) in [5, 5.41) is 10.2. The van der Waals surface area contributed by atoms with E-state index >= 15 is 0 Å². The van der Waals surface area contributed by atoms with Crippen molar-refractivity contribution in [3.05, 3.63) is 44.4 Å². The van der Waals surface area contributed by atoms with E-state index in [1.165, 1.54) is 5.56 Å². The Morgan fingerprint density at radius 1 is 1.29 bits per heavy atom. The van der Waals surface area contributed by atoms with Crippen LogP contribution in [0, 0.1) is 6.92 Å². The van der Waals surface area contributed by atoms with Crippen LogP contribution in [0.5, 0.6) is 0 Å². The molecule has 0 amide bonds. The van der Waals surface area contributed by atoms with E-state index in [9.17, 15) is 0 Å². The zero-order chi connectivity index (χ0) is 12.3. The molecule has 2 N–H and O–H groups in total. The third-order valence-electron chi connectivity index (χ3n) is 2.43. The van der Waals surface area contributed by atoms with Crippen LogP contribution in [0.2, 0.25) is 0 Å². The van der Waals surface area contributed by atoms with Crippen LogP contribution in [-0.4, -0.2) is 15.2 Å². The molecule has 0 spiro atoms. The minimum Gasteiger partial charge on any atom is -0.307 e. The molecule has 0 bridgehead atoms. The molecule has 0 aliphatic heterocycles. The number of aromatic amines is 1. The van der Waals surface area contributed by atoms with Crippen molar-refractivity contribution < 1.29 is 0 Å². The van der Waals surface area contributed by atoms with Gasteiger partial charge in [-0.2, -0.15) is 5.10 Å². The van der Waals surface area contributed by atoms with Gasteiger partial charge in [0.05, 0.1) is 11.9 Å². The van der Waals surface area contributed by atoms with Gasteiger partial charge in [0.15, 0.2) is 0 Å². The lowest BCUT2D eigenvalue weighted by Crippen LogP contribution is -2.14. The smallest absolute Gasteiger partial charge is 0.0684 e. The molecule has 2 aromatic rings.